The Bertz CT molecular complexity index is 1290. The predicted molar refractivity (Wildman–Crippen MR) is 134 cm³/mol. The molecule has 1 aromatic heterocycles. The molecule has 3 nitrogen and oxygen atoms in total. The van der Waals surface area contributed by atoms with Crippen molar-refractivity contribution >= 4 is 59.2 Å². The average Bonchev–Trinajstić information content (AvgIpc) is 3.13. The molecule has 0 fully saturated rings. The quantitative estimate of drug-likeness (QED) is 0.256. The SMILES string of the molecule is Cc1cc2c(c(C)c1S)CN(Cc1c(Sc3c(Cl)cccc3Cl)cc(C(F)(F)Cl)[nH]c1=O)C2. The number of aromatic amines is 1. The highest BCUT2D eigenvalue weighted by Gasteiger charge is 2.32. The van der Waals surface area contributed by atoms with Crippen molar-refractivity contribution in [3.63, 3.8) is 0 Å². The Morgan fingerprint density at radius 3 is 2.48 bits per heavy atom. The summed E-state index contributed by atoms with van der Waals surface area (Å²) in [5, 5.41) is -3.00. The molecule has 1 aliphatic rings. The Labute approximate surface area is 214 Å². The number of aromatic nitrogens is 1. The van der Waals surface area contributed by atoms with E-state index in [1.54, 1.807) is 18.2 Å². The van der Waals surface area contributed by atoms with Crippen LogP contribution in [0.5, 0.6) is 0 Å². The van der Waals surface area contributed by atoms with Gasteiger partial charge < -0.3 is 4.98 Å². The third-order valence-electron chi connectivity index (χ3n) is 5.65. The lowest BCUT2D eigenvalue weighted by Gasteiger charge is -2.19. The van der Waals surface area contributed by atoms with Crippen molar-refractivity contribution in [3.05, 3.63) is 84.2 Å². The molecule has 2 aromatic carbocycles. The van der Waals surface area contributed by atoms with Crippen molar-refractivity contribution in [3.8, 4) is 0 Å². The van der Waals surface area contributed by atoms with Crippen molar-refractivity contribution in [2.75, 3.05) is 0 Å². The topological polar surface area (TPSA) is 36.1 Å². The molecule has 2 heterocycles. The summed E-state index contributed by atoms with van der Waals surface area (Å²) in [5.74, 6) is 0. The molecule has 174 valence electrons. The second-order valence-corrected chi connectivity index (χ2v) is 10.7. The standard InChI is InChI=1S/C23H19Cl3F2N2OS2/c1-11-6-13-8-30(9-14(13)12(2)20(11)32)10-15-18(7-19(23(26,27)28)29-22(15)31)33-21-16(24)4-3-5-17(21)25/h3-7,32H,8-10H2,1-2H3,(H,29,31). The van der Waals surface area contributed by atoms with Gasteiger partial charge in [0, 0.05) is 39.9 Å². The first kappa shape index (κ1) is 24.9. The summed E-state index contributed by atoms with van der Waals surface area (Å²) < 4.78 is 27.7. The molecule has 33 heavy (non-hydrogen) atoms. The molecular formula is C23H19Cl3F2N2OS2. The summed E-state index contributed by atoms with van der Waals surface area (Å²) in [5.41, 5.74) is 3.58. The molecule has 0 unspecified atom stereocenters. The Balaban J connectivity index is 1.74. The number of nitrogens with one attached hydrogen (secondary N) is 1. The molecule has 0 saturated heterocycles. The Morgan fingerprint density at radius 2 is 1.85 bits per heavy atom. The van der Waals surface area contributed by atoms with E-state index in [0.717, 1.165) is 27.8 Å². The predicted octanol–water partition coefficient (Wildman–Crippen LogP) is 7.54. The minimum absolute atomic E-state index is 0.253. The fourth-order valence-corrected chi connectivity index (χ4v) is 5.90. The number of fused-ring (bicyclic) bond motifs is 1. The summed E-state index contributed by atoms with van der Waals surface area (Å²) >= 11 is 23.5. The van der Waals surface area contributed by atoms with Gasteiger partial charge in [-0.15, -0.1) is 12.6 Å². The van der Waals surface area contributed by atoms with Crippen LogP contribution in [0.15, 0.2) is 49.8 Å². The van der Waals surface area contributed by atoms with Crippen LogP contribution in [0.25, 0.3) is 0 Å². The van der Waals surface area contributed by atoms with Gasteiger partial charge in [0.1, 0.15) is 5.69 Å². The number of benzene rings is 2. The molecule has 0 radical (unpaired) electrons. The minimum Gasteiger partial charge on any atom is -0.319 e. The van der Waals surface area contributed by atoms with Gasteiger partial charge in [-0.25, -0.2) is 0 Å². The van der Waals surface area contributed by atoms with Gasteiger partial charge in [0.25, 0.3) is 5.56 Å². The number of hydrogen-bond acceptors (Lipinski definition) is 4. The largest absolute Gasteiger partial charge is 0.362 e. The third kappa shape index (κ3) is 5.09. The van der Waals surface area contributed by atoms with Crippen LogP contribution >= 0.6 is 59.2 Å². The molecule has 0 amide bonds. The minimum atomic E-state index is -3.72. The fourth-order valence-electron chi connectivity index (χ4n) is 3.96. The van der Waals surface area contributed by atoms with E-state index < -0.39 is 16.6 Å². The zero-order valence-corrected chi connectivity index (χ0v) is 21.6. The lowest BCUT2D eigenvalue weighted by Crippen LogP contribution is -2.26. The fraction of sp³-hybridized carbons (Fsp3) is 0.261. The number of nitrogens with zero attached hydrogens (tertiary/aromatic N) is 1. The second-order valence-electron chi connectivity index (χ2n) is 7.96. The number of aryl methyl sites for hydroxylation is 1. The van der Waals surface area contributed by atoms with Gasteiger partial charge in [-0.05, 0) is 65.9 Å². The molecule has 0 saturated carbocycles. The van der Waals surface area contributed by atoms with Crippen LogP contribution in [0.3, 0.4) is 0 Å². The van der Waals surface area contributed by atoms with Gasteiger partial charge in [-0.3, -0.25) is 9.69 Å². The normalized spacial score (nSPS) is 14.1. The molecule has 0 atom stereocenters. The smallest absolute Gasteiger partial charge is 0.319 e. The lowest BCUT2D eigenvalue weighted by atomic mass is 10.0. The van der Waals surface area contributed by atoms with E-state index in [1.165, 1.54) is 17.2 Å². The third-order valence-corrected chi connectivity index (χ3v) is 8.62. The number of halogens is 5. The lowest BCUT2D eigenvalue weighted by molar-refractivity contribution is 0.0893. The van der Waals surface area contributed by atoms with E-state index in [1.807, 2.05) is 13.8 Å². The number of hydrogen-bond donors (Lipinski definition) is 2. The maximum atomic E-state index is 13.9. The molecule has 0 spiro atoms. The summed E-state index contributed by atoms with van der Waals surface area (Å²) in [6, 6.07) is 8.28. The van der Waals surface area contributed by atoms with Crippen LogP contribution in [-0.4, -0.2) is 9.88 Å². The Kier molecular flexibility index (Phi) is 7.12. The van der Waals surface area contributed by atoms with Crippen molar-refractivity contribution in [1.29, 1.82) is 0 Å². The van der Waals surface area contributed by atoms with Crippen LogP contribution in [0, 0.1) is 13.8 Å². The van der Waals surface area contributed by atoms with Gasteiger partial charge >= 0.3 is 5.38 Å². The van der Waals surface area contributed by atoms with E-state index in [-0.39, 0.29) is 6.54 Å². The monoisotopic (exact) mass is 546 g/mol. The maximum Gasteiger partial charge on any atom is 0.362 e. The van der Waals surface area contributed by atoms with Gasteiger partial charge in [0.2, 0.25) is 0 Å². The highest BCUT2D eigenvalue weighted by atomic mass is 35.5. The number of H-pyrrole nitrogens is 1. The average molecular weight is 548 g/mol. The second kappa shape index (κ2) is 9.44. The van der Waals surface area contributed by atoms with E-state index in [4.69, 9.17) is 34.8 Å². The molecule has 3 aromatic rings. The van der Waals surface area contributed by atoms with Gasteiger partial charge in [0.05, 0.1) is 10.0 Å². The Hall–Kier alpha value is -1.22. The van der Waals surface area contributed by atoms with Crippen LogP contribution in [-0.2, 0) is 25.0 Å². The molecule has 1 aliphatic heterocycles. The first-order valence-corrected chi connectivity index (χ1v) is 12.3. The van der Waals surface area contributed by atoms with Crippen LogP contribution in [0.1, 0.15) is 33.5 Å². The van der Waals surface area contributed by atoms with E-state index in [0.29, 0.717) is 38.5 Å². The number of alkyl halides is 3. The molecule has 1 N–H and O–H groups in total. The van der Waals surface area contributed by atoms with Crippen LogP contribution in [0.2, 0.25) is 10.0 Å². The van der Waals surface area contributed by atoms with Crippen LogP contribution < -0.4 is 5.56 Å². The molecule has 4 rings (SSSR count). The van der Waals surface area contributed by atoms with Gasteiger partial charge in [-0.2, -0.15) is 8.78 Å². The first-order chi connectivity index (χ1) is 15.5. The highest BCUT2D eigenvalue weighted by molar-refractivity contribution is 7.99. The molecular weight excluding hydrogens is 529 g/mol. The van der Waals surface area contributed by atoms with Crippen molar-refractivity contribution in [2.45, 2.75) is 53.5 Å². The summed E-state index contributed by atoms with van der Waals surface area (Å²) in [4.78, 5) is 19.0. The van der Waals surface area contributed by atoms with Crippen molar-refractivity contribution in [2.24, 2.45) is 0 Å². The summed E-state index contributed by atoms with van der Waals surface area (Å²) in [7, 11) is 0. The van der Waals surface area contributed by atoms with Crippen molar-refractivity contribution < 1.29 is 8.78 Å². The molecule has 0 aliphatic carbocycles. The van der Waals surface area contributed by atoms with E-state index in [9.17, 15) is 13.6 Å². The first-order valence-electron chi connectivity index (χ1n) is 9.94. The van der Waals surface area contributed by atoms with E-state index >= 15 is 0 Å². The number of pyridine rings is 1. The molecule has 10 heteroatoms. The van der Waals surface area contributed by atoms with Crippen LogP contribution in [0.4, 0.5) is 8.78 Å². The number of rotatable bonds is 5. The zero-order valence-electron chi connectivity index (χ0n) is 17.6. The highest BCUT2D eigenvalue weighted by Crippen LogP contribution is 2.42. The van der Waals surface area contributed by atoms with Crippen molar-refractivity contribution in [1.82, 2.24) is 9.88 Å². The van der Waals surface area contributed by atoms with E-state index in [2.05, 4.69) is 28.6 Å². The van der Waals surface area contributed by atoms with Gasteiger partial charge in [-0.1, -0.05) is 47.1 Å². The summed E-state index contributed by atoms with van der Waals surface area (Å²) in [6.07, 6.45) is 0. The Morgan fingerprint density at radius 1 is 1.18 bits per heavy atom. The van der Waals surface area contributed by atoms with Gasteiger partial charge in [0.15, 0.2) is 0 Å². The zero-order chi connectivity index (χ0) is 24.1. The molecule has 0 bridgehead atoms. The summed E-state index contributed by atoms with van der Waals surface area (Å²) in [6.45, 7) is 5.55. The maximum absolute atomic E-state index is 13.9. The number of thiol groups is 1.